The van der Waals surface area contributed by atoms with Gasteiger partial charge in [-0.3, -0.25) is 4.79 Å². The summed E-state index contributed by atoms with van der Waals surface area (Å²) in [6.07, 6.45) is 0. The number of anilines is 1. The molecule has 4 aromatic rings. The van der Waals surface area contributed by atoms with E-state index in [1.165, 1.54) is 38.5 Å². The molecule has 3 aromatic carbocycles. The van der Waals surface area contributed by atoms with Crippen molar-refractivity contribution < 1.29 is 22.7 Å². The fraction of sp³-hybridized carbons (Fsp3) is 0.160. The van der Waals surface area contributed by atoms with Gasteiger partial charge in [0.15, 0.2) is 0 Å². The number of fused-ring (bicyclic) bond motifs is 1. The number of aromatic nitrogens is 2. The van der Waals surface area contributed by atoms with Crippen LogP contribution in [-0.2, 0) is 19.6 Å². The number of aryl methyl sites for hydroxylation is 1. The Morgan fingerprint density at radius 1 is 0.941 bits per heavy atom. The van der Waals surface area contributed by atoms with Crippen molar-refractivity contribution in [3.8, 4) is 17.0 Å². The Balaban J connectivity index is 1.94. The highest BCUT2D eigenvalue weighted by atomic mass is 32.2. The van der Waals surface area contributed by atoms with E-state index in [9.17, 15) is 13.2 Å². The van der Waals surface area contributed by atoms with Gasteiger partial charge in [0.05, 0.1) is 30.3 Å². The number of hydrogen-bond acceptors (Lipinski definition) is 7. The Morgan fingerprint density at radius 2 is 1.65 bits per heavy atom. The van der Waals surface area contributed by atoms with Crippen molar-refractivity contribution >= 4 is 32.8 Å². The molecule has 0 amide bonds. The third-order valence-corrected chi connectivity index (χ3v) is 7.00. The van der Waals surface area contributed by atoms with E-state index in [-0.39, 0.29) is 10.8 Å². The molecule has 0 aliphatic heterocycles. The molecule has 34 heavy (non-hydrogen) atoms. The second-order valence-corrected chi connectivity index (χ2v) is 9.38. The first-order chi connectivity index (χ1) is 16.3. The highest BCUT2D eigenvalue weighted by Gasteiger charge is 2.30. The molecule has 1 heterocycles. The van der Waals surface area contributed by atoms with Crippen LogP contribution in [0.2, 0.25) is 0 Å². The minimum Gasteiger partial charge on any atom is -0.497 e. The zero-order valence-corrected chi connectivity index (χ0v) is 19.7. The van der Waals surface area contributed by atoms with Gasteiger partial charge in [-0.05, 0) is 43.3 Å². The first-order valence-electron chi connectivity index (χ1n) is 10.4. The van der Waals surface area contributed by atoms with Crippen LogP contribution in [0.1, 0.15) is 5.56 Å². The van der Waals surface area contributed by atoms with E-state index in [1.54, 1.807) is 6.07 Å². The van der Waals surface area contributed by atoms with Crippen LogP contribution in [0, 0.1) is 6.92 Å². The lowest BCUT2D eigenvalue weighted by atomic mass is 10.0. The second-order valence-electron chi connectivity index (χ2n) is 7.52. The zero-order valence-electron chi connectivity index (χ0n) is 18.9. The molecular formula is C25H23N3O5S. The molecule has 8 nitrogen and oxygen atoms in total. The summed E-state index contributed by atoms with van der Waals surface area (Å²) in [5, 5.41) is 0.773. The van der Waals surface area contributed by atoms with Gasteiger partial charge in [0.1, 0.15) is 12.3 Å². The van der Waals surface area contributed by atoms with Crippen LogP contribution in [0.15, 0.2) is 77.7 Å². The predicted octanol–water partition coefficient (Wildman–Crippen LogP) is 3.98. The monoisotopic (exact) mass is 477 g/mol. The molecule has 0 atom stereocenters. The topological polar surface area (TPSA) is 98.7 Å². The normalized spacial score (nSPS) is 11.3. The predicted molar refractivity (Wildman–Crippen MR) is 129 cm³/mol. The van der Waals surface area contributed by atoms with E-state index < -0.39 is 22.5 Å². The number of ether oxygens (including phenoxy) is 2. The van der Waals surface area contributed by atoms with Crippen LogP contribution in [0.4, 0.5) is 5.95 Å². The smallest absolute Gasteiger partial charge is 0.326 e. The van der Waals surface area contributed by atoms with E-state index in [4.69, 9.17) is 9.47 Å². The average molecular weight is 478 g/mol. The summed E-state index contributed by atoms with van der Waals surface area (Å²) in [5.74, 6) is -0.371. The molecule has 0 bridgehead atoms. The van der Waals surface area contributed by atoms with Crippen molar-refractivity contribution in [2.75, 3.05) is 25.1 Å². The van der Waals surface area contributed by atoms with Gasteiger partial charge in [-0.15, -0.1) is 0 Å². The van der Waals surface area contributed by atoms with Crippen LogP contribution in [0.5, 0.6) is 5.75 Å². The lowest BCUT2D eigenvalue weighted by Gasteiger charge is -2.22. The molecule has 9 heteroatoms. The number of carbonyl (C=O) groups is 1. The fourth-order valence-electron chi connectivity index (χ4n) is 3.48. The van der Waals surface area contributed by atoms with Crippen LogP contribution >= 0.6 is 0 Å². The summed E-state index contributed by atoms with van der Waals surface area (Å²) in [7, 11) is -1.52. The minimum atomic E-state index is -4.21. The van der Waals surface area contributed by atoms with Gasteiger partial charge in [0.2, 0.25) is 5.95 Å². The van der Waals surface area contributed by atoms with E-state index >= 15 is 0 Å². The van der Waals surface area contributed by atoms with Crippen LogP contribution < -0.4 is 9.04 Å². The number of rotatable bonds is 7. The molecule has 0 radical (unpaired) electrons. The first kappa shape index (κ1) is 23.2. The summed E-state index contributed by atoms with van der Waals surface area (Å²) in [4.78, 5) is 21.3. The lowest BCUT2D eigenvalue weighted by Crippen LogP contribution is -2.37. The molecule has 0 fully saturated rings. The maximum absolute atomic E-state index is 13.6. The van der Waals surface area contributed by atoms with Crippen molar-refractivity contribution in [1.82, 2.24) is 9.97 Å². The molecule has 0 unspecified atom stereocenters. The van der Waals surface area contributed by atoms with E-state index in [0.717, 1.165) is 20.8 Å². The van der Waals surface area contributed by atoms with E-state index in [0.29, 0.717) is 17.0 Å². The van der Waals surface area contributed by atoms with Crippen molar-refractivity contribution in [1.29, 1.82) is 0 Å². The molecule has 0 saturated carbocycles. The van der Waals surface area contributed by atoms with Crippen LogP contribution in [-0.4, -0.2) is 45.1 Å². The van der Waals surface area contributed by atoms with Crippen LogP contribution in [0.25, 0.3) is 22.2 Å². The van der Waals surface area contributed by atoms with Crippen molar-refractivity contribution in [2.45, 2.75) is 11.8 Å². The third kappa shape index (κ3) is 4.55. The molecule has 0 aliphatic carbocycles. The Morgan fingerprint density at radius 3 is 2.29 bits per heavy atom. The summed E-state index contributed by atoms with van der Waals surface area (Å²) in [6, 6.07) is 20.9. The van der Waals surface area contributed by atoms with E-state index in [1.807, 2.05) is 49.4 Å². The number of carbonyl (C=O) groups excluding carboxylic acids is 1. The Bertz CT molecular complexity index is 1440. The lowest BCUT2D eigenvalue weighted by molar-refractivity contribution is -0.138. The van der Waals surface area contributed by atoms with Gasteiger partial charge in [-0.1, -0.05) is 42.0 Å². The molecule has 0 spiro atoms. The number of methoxy groups -OCH3 is 2. The average Bonchev–Trinajstić information content (AvgIpc) is 2.87. The standard InChI is InChI=1S/C25H23N3O5S/c1-17-9-14-22-21(15-17)24(18-7-5-4-6-8-18)27-25(26-22)28(16-23(29)33-3)34(30,31)20-12-10-19(32-2)11-13-20/h4-15H,16H2,1-3H3. The quantitative estimate of drug-likeness (QED) is 0.371. The molecule has 174 valence electrons. The molecule has 0 N–H and O–H groups in total. The molecule has 1 aromatic heterocycles. The van der Waals surface area contributed by atoms with Crippen LogP contribution in [0.3, 0.4) is 0 Å². The largest absolute Gasteiger partial charge is 0.497 e. The molecular weight excluding hydrogens is 454 g/mol. The Labute approximate surface area is 197 Å². The fourth-order valence-corrected chi connectivity index (χ4v) is 4.78. The number of esters is 1. The summed E-state index contributed by atoms with van der Waals surface area (Å²) < 4.78 is 38.0. The Hall–Kier alpha value is -3.98. The number of sulfonamides is 1. The molecule has 0 aliphatic rings. The zero-order chi connectivity index (χ0) is 24.3. The summed E-state index contributed by atoms with van der Waals surface area (Å²) >= 11 is 0. The van der Waals surface area contributed by atoms with Gasteiger partial charge in [-0.2, -0.15) is 0 Å². The van der Waals surface area contributed by atoms with E-state index in [2.05, 4.69) is 9.97 Å². The van der Waals surface area contributed by atoms with Crippen molar-refractivity contribution in [3.63, 3.8) is 0 Å². The highest BCUT2D eigenvalue weighted by molar-refractivity contribution is 7.92. The third-order valence-electron chi connectivity index (χ3n) is 5.26. The highest BCUT2D eigenvalue weighted by Crippen LogP contribution is 2.31. The Kier molecular flexibility index (Phi) is 6.47. The van der Waals surface area contributed by atoms with Gasteiger partial charge >= 0.3 is 5.97 Å². The maximum atomic E-state index is 13.6. The summed E-state index contributed by atoms with van der Waals surface area (Å²) in [6.45, 7) is 1.37. The first-order valence-corrected chi connectivity index (χ1v) is 11.8. The maximum Gasteiger partial charge on any atom is 0.326 e. The van der Waals surface area contributed by atoms with Gasteiger partial charge < -0.3 is 9.47 Å². The van der Waals surface area contributed by atoms with Crippen molar-refractivity contribution in [2.24, 2.45) is 0 Å². The van der Waals surface area contributed by atoms with Gasteiger partial charge in [-0.25, -0.2) is 22.7 Å². The van der Waals surface area contributed by atoms with Gasteiger partial charge in [0.25, 0.3) is 10.0 Å². The number of hydrogen-bond donors (Lipinski definition) is 0. The SMILES string of the molecule is COC(=O)CN(c1nc(-c2ccccc2)c2cc(C)ccc2n1)S(=O)(=O)c1ccc(OC)cc1. The van der Waals surface area contributed by atoms with Gasteiger partial charge in [0, 0.05) is 10.9 Å². The second kappa shape index (κ2) is 9.48. The molecule has 4 rings (SSSR count). The summed E-state index contributed by atoms with van der Waals surface area (Å²) in [5.41, 5.74) is 2.92. The number of nitrogens with zero attached hydrogens (tertiary/aromatic N) is 3. The van der Waals surface area contributed by atoms with Crippen molar-refractivity contribution in [3.05, 3.63) is 78.4 Å². The number of benzene rings is 3. The molecule has 0 saturated heterocycles. The minimum absolute atomic E-state index is 0.0360.